The Kier molecular flexibility index (Phi) is 8.89. The van der Waals surface area contributed by atoms with Gasteiger partial charge in [-0.05, 0) is 137 Å². The summed E-state index contributed by atoms with van der Waals surface area (Å²) in [7, 11) is 0. The molecule has 2 heteroatoms. The Morgan fingerprint density at radius 1 is 0.273 bits per heavy atom. The van der Waals surface area contributed by atoms with Gasteiger partial charge in [0, 0.05) is 33.5 Å². The molecule has 0 aliphatic carbocycles. The van der Waals surface area contributed by atoms with Crippen LogP contribution in [0.5, 0.6) is 0 Å². The van der Waals surface area contributed by atoms with Crippen LogP contribution in [0, 0.1) is 0 Å². The summed E-state index contributed by atoms with van der Waals surface area (Å²) in [5.74, 6) is 0. The smallest absolute Gasteiger partial charge is 0.0547 e. The molecule has 0 unspecified atom stereocenters. The second-order valence-electron chi connectivity index (χ2n) is 17.2. The fourth-order valence-corrected chi connectivity index (χ4v) is 10.6. The molecule has 0 aliphatic heterocycles. The standard InChI is InChI=1S/C64H42N2/c1-4-18-45(19-5-1)62-57-26-13-12-25-55(57)56-40-38-51(42-59(56)63(62)46-20-6-2-7-21-46)65(50-37-39-53-47(41-50)32-31-43-17-10-11-24-52(43)53)49-35-33-44(34-36-49)54-28-16-30-61-64(54)58-27-14-15-29-60(58)66(61)48-22-8-3-9-23-48/h1-42H. The molecule has 13 aromatic rings. The lowest BCUT2D eigenvalue weighted by molar-refractivity contribution is 1.18. The Hall–Kier alpha value is -8.72. The minimum atomic E-state index is 1.09. The summed E-state index contributed by atoms with van der Waals surface area (Å²) in [5.41, 5.74) is 14.1. The maximum atomic E-state index is 2.44. The highest BCUT2D eigenvalue weighted by Gasteiger charge is 2.22. The molecule has 0 bridgehead atoms. The summed E-state index contributed by atoms with van der Waals surface area (Å²) in [6.07, 6.45) is 0. The van der Waals surface area contributed by atoms with Crippen LogP contribution in [0.2, 0.25) is 0 Å². The van der Waals surface area contributed by atoms with Gasteiger partial charge in [0.15, 0.2) is 0 Å². The number of anilines is 3. The van der Waals surface area contributed by atoms with Gasteiger partial charge in [-0.25, -0.2) is 0 Å². The van der Waals surface area contributed by atoms with Gasteiger partial charge in [0.05, 0.1) is 11.0 Å². The maximum absolute atomic E-state index is 2.44. The third-order valence-electron chi connectivity index (χ3n) is 13.5. The van der Waals surface area contributed by atoms with Gasteiger partial charge in [-0.2, -0.15) is 0 Å². The summed E-state index contributed by atoms with van der Waals surface area (Å²) in [5, 5.41) is 12.4. The molecule has 1 heterocycles. The molecule has 12 aromatic carbocycles. The van der Waals surface area contributed by atoms with Crippen molar-refractivity contribution in [3.63, 3.8) is 0 Å². The first-order chi connectivity index (χ1) is 32.8. The van der Waals surface area contributed by atoms with E-state index in [1.54, 1.807) is 0 Å². The molecule has 13 rings (SSSR count). The van der Waals surface area contributed by atoms with Crippen molar-refractivity contribution in [1.29, 1.82) is 0 Å². The molecule has 0 N–H and O–H groups in total. The van der Waals surface area contributed by atoms with Crippen LogP contribution in [0.15, 0.2) is 255 Å². The van der Waals surface area contributed by atoms with E-state index in [-0.39, 0.29) is 0 Å². The normalized spacial score (nSPS) is 11.6. The second-order valence-corrected chi connectivity index (χ2v) is 17.2. The highest BCUT2D eigenvalue weighted by molar-refractivity contribution is 6.22. The summed E-state index contributed by atoms with van der Waals surface area (Å²) in [6, 6.07) is 93.3. The third-order valence-corrected chi connectivity index (χ3v) is 13.5. The van der Waals surface area contributed by atoms with E-state index in [1.807, 2.05) is 0 Å². The van der Waals surface area contributed by atoms with Crippen LogP contribution >= 0.6 is 0 Å². The van der Waals surface area contributed by atoms with Crippen LogP contribution in [0.4, 0.5) is 17.1 Å². The van der Waals surface area contributed by atoms with E-state index in [4.69, 9.17) is 0 Å². The largest absolute Gasteiger partial charge is 0.310 e. The first-order valence-corrected chi connectivity index (χ1v) is 22.8. The fraction of sp³-hybridized carbons (Fsp3) is 0. The molecule has 0 saturated heterocycles. The van der Waals surface area contributed by atoms with Gasteiger partial charge in [0.25, 0.3) is 0 Å². The summed E-state index contributed by atoms with van der Waals surface area (Å²) >= 11 is 0. The second kappa shape index (κ2) is 15.5. The number of hydrogen-bond acceptors (Lipinski definition) is 1. The predicted molar refractivity (Wildman–Crippen MR) is 282 cm³/mol. The average Bonchev–Trinajstić information content (AvgIpc) is 3.74. The van der Waals surface area contributed by atoms with Crippen molar-refractivity contribution in [1.82, 2.24) is 4.57 Å². The van der Waals surface area contributed by atoms with Gasteiger partial charge >= 0.3 is 0 Å². The highest BCUT2D eigenvalue weighted by Crippen LogP contribution is 2.48. The topological polar surface area (TPSA) is 8.17 Å². The number of fused-ring (bicyclic) bond motifs is 9. The number of benzene rings is 12. The summed E-state index contributed by atoms with van der Waals surface area (Å²) < 4.78 is 2.39. The molecule has 0 fully saturated rings. The molecular weight excluding hydrogens is 797 g/mol. The molecule has 0 radical (unpaired) electrons. The minimum absolute atomic E-state index is 1.09. The van der Waals surface area contributed by atoms with Gasteiger partial charge in [-0.1, -0.05) is 194 Å². The molecule has 0 amide bonds. The summed E-state index contributed by atoms with van der Waals surface area (Å²) in [4.78, 5) is 2.44. The molecule has 2 nitrogen and oxygen atoms in total. The summed E-state index contributed by atoms with van der Waals surface area (Å²) in [6.45, 7) is 0. The zero-order chi connectivity index (χ0) is 43.6. The van der Waals surface area contributed by atoms with E-state index < -0.39 is 0 Å². The minimum Gasteiger partial charge on any atom is -0.310 e. The first-order valence-electron chi connectivity index (χ1n) is 22.8. The first kappa shape index (κ1) is 37.8. The SMILES string of the molecule is c1ccc(-c2c(-c3ccccc3)c3cc(N(c4ccc(-c5cccc6c5c5ccccc5n6-c5ccccc5)cc4)c4ccc5c(ccc6ccccc65)c4)ccc3c3ccccc23)cc1. The molecule has 0 saturated carbocycles. The number of aromatic nitrogens is 1. The zero-order valence-electron chi connectivity index (χ0n) is 36.1. The number of rotatable bonds is 7. The number of nitrogens with zero attached hydrogens (tertiary/aromatic N) is 2. The quantitative estimate of drug-likeness (QED) is 0.145. The van der Waals surface area contributed by atoms with Gasteiger partial charge in [-0.3, -0.25) is 0 Å². The lowest BCUT2D eigenvalue weighted by Crippen LogP contribution is -2.10. The van der Waals surface area contributed by atoms with Crippen molar-refractivity contribution in [3.8, 4) is 39.1 Å². The number of hydrogen-bond donors (Lipinski definition) is 0. The Morgan fingerprint density at radius 2 is 0.788 bits per heavy atom. The van der Waals surface area contributed by atoms with Crippen molar-refractivity contribution < 1.29 is 0 Å². The maximum Gasteiger partial charge on any atom is 0.0547 e. The Labute approximate surface area is 383 Å². The van der Waals surface area contributed by atoms with E-state index in [9.17, 15) is 0 Å². The molecule has 0 spiro atoms. The van der Waals surface area contributed by atoms with Gasteiger partial charge in [0.1, 0.15) is 0 Å². The predicted octanol–water partition coefficient (Wildman–Crippen LogP) is 17.9. The molecular formula is C64H42N2. The van der Waals surface area contributed by atoms with Crippen molar-refractivity contribution in [2.75, 3.05) is 4.90 Å². The van der Waals surface area contributed by atoms with E-state index >= 15 is 0 Å². The van der Waals surface area contributed by atoms with Gasteiger partial charge in [-0.15, -0.1) is 0 Å². The van der Waals surface area contributed by atoms with E-state index in [2.05, 4.69) is 264 Å². The van der Waals surface area contributed by atoms with E-state index in [0.29, 0.717) is 0 Å². The molecule has 0 atom stereocenters. The van der Waals surface area contributed by atoms with Crippen LogP contribution in [-0.4, -0.2) is 4.57 Å². The van der Waals surface area contributed by atoms with E-state index in [0.717, 1.165) is 22.7 Å². The van der Waals surface area contributed by atoms with Crippen molar-refractivity contribution >= 4 is 82.0 Å². The van der Waals surface area contributed by atoms with Crippen molar-refractivity contribution in [2.45, 2.75) is 0 Å². The Bertz CT molecular complexity index is 3960. The van der Waals surface area contributed by atoms with Crippen LogP contribution in [-0.2, 0) is 0 Å². The van der Waals surface area contributed by atoms with E-state index in [1.165, 1.54) is 98.3 Å². The molecule has 1 aromatic heterocycles. The Balaban J connectivity index is 1.04. The zero-order valence-corrected chi connectivity index (χ0v) is 36.1. The molecule has 0 aliphatic rings. The molecule has 66 heavy (non-hydrogen) atoms. The Morgan fingerprint density at radius 3 is 1.53 bits per heavy atom. The lowest BCUT2D eigenvalue weighted by atomic mass is 9.85. The highest BCUT2D eigenvalue weighted by atomic mass is 15.1. The molecule has 308 valence electrons. The third kappa shape index (κ3) is 6.11. The van der Waals surface area contributed by atoms with Crippen LogP contribution < -0.4 is 4.90 Å². The van der Waals surface area contributed by atoms with Crippen LogP contribution in [0.1, 0.15) is 0 Å². The number of para-hydroxylation sites is 2. The average molecular weight is 839 g/mol. The van der Waals surface area contributed by atoms with Gasteiger partial charge < -0.3 is 9.47 Å². The van der Waals surface area contributed by atoms with Crippen molar-refractivity contribution in [3.05, 3.63) is 255 Å². The van der Waals surface area contributed by atoms with Gasteiger partial charge in [0.2, 0.25) is 0 Å². The van der Waals surface area contributed by atoms with Crippen molar-refractivity contribution in [2.24, 2.45) is 0 Å². The van der Waals surface area contributed by atoms with Crippen LogP contribution in [0.3, 0.4) is 0 Å². The van der Waals surface area contributed by atoms with Crippen LogP contribution in [0.25, 0.3) is 104 Å². The monoisotopic (exact) mass is 838 g/mol. The fourth-order valence-electron chi connectivity index (χ4n) is 10.6. The lowest BCUT2D eigenvalue weighted by Gasteiger charge is -2.27.